The number of hydrogen-bond donors (Lipinski definition) is 3. The van der Waals surface area contributed by atoms with E-state index in [-0.39, 0.29) is 30.0 Å². The van der Waals surface area contributed by atoms with Crippen LogP contribution in [0.5, 0.6) is 0 Å². The van der Waals surface area contributed by atoms with Crippen LogP contribution in [0.1, 0.15) is 24.5 Å². The highest BCUT2D eigenvalue weighted by atomic mass is 35.5. The molecular weight excluding hydrogens is 334 g/mol. The molecule has 3 N–H and O–H groups in total. The molecule has 0 saturated heterocycles. The molecule has 0 radical (unpaired) electrons. The summed E-state index contributed by atoms with van der Waals surface area (Å²) in [4.78, 5) is 18.6. The minimum atomic E-state index is -0.777. The average Bonchev–Trinajstić information content (AvgIpc) is 3.37. The largest absolute Gasteiger partial charge is 0.387 e. The average molecular weight is 350 g/mol. The van der Waals surface area contributed by atoms with Crippen LogP contribution in [0, 0.1) is 10.1 Å². The molecular formula is C15H16ClN5O3. The van der Waals surface area contributed by atoms with Crippen molar-refractivity contribution in [1.29, 1.82) is 0 Å². The number of aliphatic hydroxyl groups is 1. The summed E-state index contributed by atoms with van der Waals surface area (Å²) in [5.74, 6) is 0.415. The van der Waals surface area contributed by atoms with Crippen molar-refractivity contribution < 1.29 is 10.0 Å². The number of nitro groups is 1. The maximum atomic E-state index is 11.0. The molecule has 126 valence electrons. The van der Waals surface area contributed by atoms with Gasteiger partial charge in [0.2, 0.25) is 11.8 Å². The van der Waals surface area contributed by atoms with Crippen molar-refractivity contribution in [3.63, 3.8) is 0 Å². The fourth-order valence-corrected chi connectivity index (χ4v) is 2.24. The lowest BCUT2D eigenvalue weighted by molar-refractivity contribution is -0.384. The molecule has 2 aromatic rings. The second-order valence-electron chi connectivity index (χ2n) is 5.55. The Labute approximate surface area is 143 Å². The van der Waals surface area contributed by atoms with E-state index in [0.29, 0.717) is 10.6 Å². The first-order valence-corrected chi connectivity index (χ1v) is 7.86. The molecule has 0 aliphatic heterocycles. The summed E-state index contributed by atoms with van der Waals surface area (Å²) < 4.78 is 0. The summed E-state index contributed by atoms with van der Waals surface area (Å²) in [6.07, 6.45) is 2.33. The SMILES string of the molecule is O=[N+]([O-])c1cnc(NCC(O)c2ccc(Cl)cc2)nc1NC1CC1. The predicted octanol–water partition coefficient (Wildman–Crippen LogP) is 2.76. The lowest BCUT2D eigenvalue weighted by Crippen LogP contribution is -2.15. The van der Waals surface area contributed by atoms with E-state index in [2.05, 4.69) is 20.6 Å². The minimum absolute atomic E-state index is 0.161. The zero-order valence-electron chi connectivity index (χ0n) is 12.6. The smallest absolute Gasteiger partial charge is 0.329 e. The van der Waals surface area contributed by atoms with Crippen LogP contribution in [0.3, 0.4) is 0 Å². The Kier molecular flexibility index (Phi) is 4.77. The van der Waals surface area contributed by atoms with Crippen LogP contribution in [-0.2, 0) is 0 Å². The number of anilines is 2. The van der Waals surface area contributed by atoms with Gasteiger partial charge in [0.25, 0.3) is 0 Å². The molecule has 24 heavy (non-hydrogen) atoms. The third-order valence-corrected chi connectivity index (χ3v) is 3.84. The van der Waals surface area contributed by atoms with Gasteiger partial charge in [0.1, 0.15) is 6.20 Å². The lowest BCUT2D eigenvalue weighted by Gasteiger charge is -2.13. The zero-order valence-corrected chi connectivity index (χ0v) is 13.4. The Morgan fingerprint density at radius 2 is 2.08 bits per heavy atom. The van der Waals surface area contributed by atoms with E-state index in [1.54, 1.807) is 24.3 Å². The van der Waals surface area contributed by atoms with Crippen molar-refractivity contribution >= 4 is 29.1 Å². The second kappa shape index (κ2) is 6.98. The Balaban J connectivity index is 1.67. The van der Waals surface area contributed by atoms with Crippen molar-refractivity contribution in [2.75, 3.05) is 17.2 Å². The molecule has 1 aromatic carbocycles. The Hall–Kier alpha value is -2.45. The normalized spacial score (nSPS) is 14.9. The van der Waals surface area contributed by atoms with Gasteiger partial charge in [-0.1, -0.05) is 23.7 Å². The number of hydrogen-bond acceptors (Lipinski definition) is 7. The van der Waals surface area contributed by atoms with Gasteiger partial charge in [0, 0.05) is 17.6 Å². The summed E-state index contributed by atoms with van der Waals surface area (Å²) in [5.41, 5.74) is 0.538. The topological polar surface area (TPSA) is 113 Å². The monoisotopic (exact) mass is 349 g/mol. The first-order valence-electron chi connectivity index (χ1n) is 7.48. The molecule has 1 aliphatic rings. The molecule has 9 heteroatoms. The van der Waals surface area contributed by atoms with Crippen molar-refractivity contribution in [2.45, 2.75) is 25.0 Å². The van der Waals surface area contributed by atoms with Crippen molar-refractivity contribution in [3.8, 4) is 0 Å². The van der Waals surface area contributed by atoms with Crippen LogP contribution in [0.4, 0.5) is 17.5 Å². The third kappa shape index (κ3) is 4.09. The maximum Gasteiger partial charge on any atom is 0.329 e. The van der Waals surface area contributed by atoms with Gasteiger partial charge >= 0.3 is 5.69 Å². The summed E-state index contributed by atoms with van der Waals surface area (Å²) in [6, 6.07) is 7.07. The van der Waals surface area contributed by atoms with Gasteiger partial charge in [-0.15, -0.1) is 0 Å². The molecule has 1 fully saturated rings. The fraction of sp³-hybridized carbons (Fsp3) is 0.333. The van der Waals surface area contributed by atoms with Crippen LogP contribution in [-0.4, -0.2) is 32.6 Å². The molecule has 1 aliphatic carbocycles. The highest BCUT2D eigenvalue weighted by Gasteiger charge is 2.26. The number of halogens is 1. The lowest BCUT2D eigenvalue weighted by atomic mass is 10.1. The Morgan fingerprint density at radius 1 is 1.38 bits per heavy atom. The summed E-state index contributed by atoms with van der Waals surface area (Å²) in [6.45, 7) is 0.169. The molecule has 3 rings (SSSR count). The Bertz CT molecular complexity index is 736. The summed E-state index contributed by atoms with van der Waals surface area (Å²) in [7, 11) is 0. The van der Waals surface area contributed by atoms with E-state index in [4.69, 9.17) is 11.6 Å². The van der Waals surface area contributed by atoms with E-state index in [9.17, 15) is 15.2 Å². The minimum Gasteiger partial charge on any atom is -0.387 e. The van der Waals surface area contributed by atoms with E-state index in [1.165, 1.54) is 0 Å². The fourth-order valence-electron chi connectivity index (χ4n) is 2.11. The highest BCUT2D eigenvalue weighted by molar-refractivity contribution is 6.30. The summed E-state index contributed by atoms with van der Waals surface area (Å²) >= 11 is 5.81. The highest BCUT2D eigenvalue weighted by Crippen LogP contribution is 2.29. The van der Waals surface area contributed by atoms with Gasteiger partial charge in [0.05, 0.1) is 11.0 Å². The van der Waals surface area contributed by atoms with Crippen LogP contribution < -0.4 is 10.6 Å². The van der Waals surface area contributed by atoms with Crippen LogP contribution in [0.25, 0.3) is 0 Å². The summed E-state index contributed by atoms with van der Waals surface area (Å²) in [5, 5.41) is 27.7. The van der Waals surface area contributed by atoms with E-state index >= 15 is 0 Å². The maximum absolute atomic E-state index is 11.0. The van der Waals surface area contributed by atoms with Gasteiger partial charge in [-0.05, 0) is 30.5 Å². The number of nitrogens with zero attached hydrogens (tertiary/aromatic N) is 3. The molecule has 8 nitrogen and oxygen atoms in total. The van der Waals surface area contributed by atoms with E-state index < -0.39 is 11.0 Å². The molecule has 1 saturated carbocycles. The number of nitrogens with one attached hydrogen (secondary N) is 2. The van der Waals surface area contributed by atoms with Gasteiger partial charge in [-0.2, -0.15) is 4.98 Å². The molecule has 1 atom stereocenters. The van der Waals surface area contributed by atoms with E-state index in [0.717, 1.165) is 19.0 Å². The standard InChI is InChI=1S/C15H16ClN5O3/c16-10-3-1-9(2-4-10)13(22)8-18-15-17-7-12(21(23)24)14(20-15)19-11-5-6-11/h1-4,7,11,13,22H,5-6,8H2,(H2,17,18,19,20). The molecule has 0 spiro atoms. The van der Waals surface area contributed by atoms with Crippen LogP contribution in [0.2, 0.25) is 5.02 Å². The van der Waals surface area contributed by atoms with E-state index in [1.807, 2.05) is 0 Å². The third-order valence-electron chi connectivity index (χ3n) is 3.59. The number of aliphatic hydroxyl groups excluding tert-OH is 1. The van der Waals surface area contributed by atoms with Gasteiger partial charge in [-0.3, -0.25) is 10.1 Å². The zero-order chi connectivity index (χ0) is 17.1. The molecule has 1 heterocycles. The van der Waals surface area contributed by atoms with Gasteiger partial charge < -0.3 is 15.7 Å². The Morgan fingerprint density at radius 3 is 2.71 bits per heavy atom. The van der Waals surface area contributed by atoms with Gasteiger partial charge in [0.15, 0.2) is 0 Å². The molecule has 0 amide bonds. The molecule has 0 bridgehead atoms. The predicted molar refractivity (Wildman–Crippen MR) is 90.2 cm³/mol. The number of benzene rings is 1. The van der Waals surface area contributed by atoms with Gasteiger partial charge in [-0.25, -0.2) is 4.98 Å². The number of aromatic nitrogens is 2. The van der Waals surface area contributed by atoms with Crippen molar-refractivity contribution in [2.24, 2.45) is 0 Å². The van der Waals surface area contributed by atoms with Crippen LogP contribution >= 0.6 is 11.6 Å². The first kappa shape index (κ1) is 16.4. The van der Waals surface area contributed by atoms with Crippen molar-refractivity contribution in [1.82, 2.24) is 9.97 Å². The first-order chi connectivity index (χ1) is 11.5. The molecule has 1 aromatic heterocycles. The molecule has 1 unspecified atom stereocenters. The number of rotatable bonds is 7. The van der Waals surface area contributed by atoms with Crippen LogP contribution in [0.15, 0.2) is 30.5 Å². The van der Waals surface area contributed by atoms with Crippen molar-refractivity contribution in [3.05, 3.63) is 51.2 Å². The second-order valence-corrected chi connectivity index (χ2v) is 5.99. The quantitative estimate of drug-likeness (QED) is 0.520.